The van der Waals surface area contributed by atoms with Crippen LogP contribution in [0.2, 0.25) is 0 Å². The lowest BCUT2D eigenvalue weighted by Gasteiger charge is -2.29. The molecule has 0 bridgehead atoms. The fraction of sp³-hybridized carbons (Fsp3) is 0.308. The van der Waals surface area contributed by atoms with E-state index < -0.39 is 0 Å². The molecule has 6 rings (SSSR count). The number of piperidine rings is 1. The fourth-order valence-corrected chi connectivity index (χ4v) is 5.37. The minimum atomic E-state index is -0.160. The number of nitrogens with zero attached hydrogens (tertiary/aromatic N) is 1. The van der Waals surface area contributed by atoms with Gasteiger partial charge in [0.15, 0.2) is 5.78 Å². The van der Waals surface area contributed by atoms with Crippen LogP contribution >= 0.6 is 0 Å². The number of nitrogens with one attached hydrogen (secondary N) is 1. The lowest BCUT2D eigenvalue weighted by molar-refractivity contribution is 0.0806. The lowest BCUT2D eigenvalue weighted by Crippen LogP contribution is -2.33. The van der Waals surface area contributed by atoms with Gasteiger partial charge in [0.1, 0.15) is 11.4 Å². The Hall–Kier alpha value is -3.34. The second kappa shape index (κ2) is 6.58. The van der Waals surface area contributed by atoms with Crippen molar-refractivity contribution in [1.82, 2.24) is 9.88 Å². The molecule has 2 atom stereocenters. The topological polar surface area (TPSA) is 62.4 Å². The van der Waals surface area contributed by atoms with Crippen molar-refractivity contribution in [3.63, 3.8) is 0 Å². The van der Waals surface area contributed by atoms with Crippen LogP contribution in [0.5, 0.6) is 5.75 Å². The Morgan fingerprint density at radius 1 is 1.23 bits per heavy atom. The number of carbonyl (C=O) groups excluding carboxylic acids is 2. The number of aromatic nitrogens is 1. The Bertz CT molecular complexity index is 1270. The number of carbonyl (C=O) groups is 2. The van der Waals surface area contributed by atoms with E-state index in [1.165, 1.54) is 0 Å². The van der Waals surface area contributed by atoms with E-state index in [9.17, 15) is 9.59 Å². The van der Waals surface area contributed by atoms with Gasteiger partial charge < -0.3 is 14.6 Å². The van der Waals surface area contributed by atoms with Crippen LogP contribution in [-0.4, -0.2) is 34.7 Å². The number of hydrogen-bond acceptors (Lipinski definition) is 3. The summed E-state index contributed by atoms with van der Waals surface area (Å²) < 4.78 is 5.80. The first-order valence-corrected chi connectivity index (χ1v) is 11.1. The Balaban J connectivity index is 1.31. The molecule has 1 aromatic heterocycles. The molecule has 1 saturated carbocycles. The third-order valence-electron chi connectivity index (χ3n) is 7.03. The molecule has 3 aliphatic rings. The predicted octanol–water partition coefficient (Wildman–Crippen LogP) is 4.84. The number of unbranched alkanes of at least 4 members (excludes halogenated alkanes) is 1. The molecule has 1 spiro atoms. The Morgan fingerprint density at radius 2 is 2.10 bits per heavy atom. The average Bonchev–Trinajstić information content (AvgIpc) is 3.18. The van der Waals surface area contributed by atoms with Crippen molar-refractivity contribution in [1.29, 1.82) is 0 Å². The number of ether oxygens (including phenoxy) is 1. The molecule has 1 amide bonds. The van der Waals surface area contributed by atoms with Crippen LogP contribution in [0.4, 0.5) is 0 Å². The minimum Gasteiger partial charge on any atom is -0.494 e. The summed E-state index contributed by atoms with van der Waals surface area (Å²) in [7, 11) is 0. The van der Waals surface area contributed by atoms with E-state index in [2.05, 4.69) is 18.0 Å². The number of benzene rings is 2. The maximum Gasteiger partial charge on any atom is 0.274 e. The second-order valence-corrected chi connectivity index (χ2v) is 8.86. The normalized spacial score (nSPS) is 23.3. The van der Waals surface area contributed by atoms with Crippen molar-refractivity contribution in [2.24, 2.45) is 5.92 Å². The predicted molar refractivity (Wildman–Crippen MR) is 118 cm³/mol. The molecule has 1 N–H and O–H groups in total. The van der Waals surface area contributed by atoms with Crippen LogP contribution in [0.1, 0.15) is 52.6 Å². The van der Waals surface area contributed by atoms with Crippen LogP contribution in [0.15, 0.2) is 60.3 Å². The highest BCUT2D eigenvalue weighted by atomic mass is 16.5. The number of ketones is 1. The van der Waals surface area contributed by atoms with Gasteiger partial charge in [-0.25, -0.2) is 0 Å². The molecule has 31 heavy (non-hydrogen) atoms. The van der Waals surface area contributed by atoms with Crippen molar-refractivity contribution in [2.75, 3.05) is 13.2 Å². The van der Waals surface area contributed by atoms with Gasteiger partial charge in [-0.1, -0.05) is 37.6 Å². The van der Waals surface area contributed by atoms with Gasteiger partial charge in [0.25, 0.3) is 5.91 Å². The summed E-state index contributed by atoms with van der Waals surface area (Å²) in [5.74, 6) is 1.12. The molecule has 5 heteroatoms. The number of amides is 1. The molecule has 1 saturated heterocycles. The Morgan fingerprint density at radius 3 is 2.97 bits per heavy atom. The summed E-state index contributed by atoms with van der Waals surface area (Å²) in [5, 5.41) is 0.954. The van der Waals surface area contributed by atoms with Gasteiger partial charge in [0.2, 0.25) is 0 Å². The number of aromatic amines is 1. The number of likely N-dealkylation sites (tertiary alicyclic amines) is 1. The van der Waals surface area contributed by atoms with E-state index >= 15 is 0 Å². The monoisotopic (exact) mass is 412 g/mol. The highest BCUT2D eigenvalue weighted by Crippen LogP contribution is 2.66. The van der Waals surface area contributed by atoms with Crippen molar-refractivity contribution in [3.05, 3.63) is 77.1 Å². The van der Waals surface area contributed by atoms with Gasteiger partial charge in [0, 0.05) is 40.2 Å². The molecule has 2 aliphatic carbocycles. The molecule has 0 radical (unpaired) electrons. The molecule has 5 nitrogen and oxygen atoms in total. The van der Waals surface area contributed by atoms with Crippen LogP contribution < -0.4 is 4.74 Å². The first-order chi connectivity index (χ1) is 15.1. The number of hydrogen-bond donors (Lipinski definition) is 1. The number of rotatable bonds is 5. The maximum atomic E-state index is 13.5. The van der Waals surface area contributed by atoms with Crippen LogP contribution in [0.3, 0.4) is 0 Å². The van der Waals surface area contributed by atoms with E-state index in [1.54, 1.807) is 6.08 Å². The second-order valence-electron chi connectivity index (χ2n) is 8.86. The Kier molecular flexibility index (Phi) is 3.91. The molecule has 1 aliphatic heterocycles. The highest BCUT2D eigenvalue weighted by molar-refractivity contribution is 6.10. The van der Waals surface area contributed by atoms with E-state index in [1.807, 2.05) is 47.4 Å². The lowest BCUT2D eigenvalue weighted by atomic mass is 9.81. The summed E-state index contributed by atoms with van der Waals surface area (Å²) in [6.45, 7) is 3.49. The average molecular weight is 412 g/mol. The summed E-state index contributed by atoms with van der Waals surface area (Å²) in [5.41, 5.74) is 4.03. The number of H-pyrrole nitrogens is 1. The minimum absolute atomic E-state index is 0.00732. The SMILES string of the molecule is CCCCOc1ccc2[nH]c(C(=O)N3C[C@H]4C[C@@]45C3=CC(=O)c3ccccc35)cc2c1. The van der Waals surface area contributed by atoms with Gasteiger partial charge in [-0.3, -0.25) is 9.59 Å². The summed E-state index contributed by atoms with van der Waals surface area (Å²) in [6.07, 6.45) is 4.81. The first-order valence-electron chi connectivity index (χ1n) is 11.1. The molecule has 0 unspecified atom stereocenters. The molecule has 2 fully saturated rings. The largest absolute Gasteiger partial charge is 0.494 e. The smallest absolute Gasteiger partial charge is 0.274 e. The molecule has 2 heterocycles. The maximum absolute atomic E-state index is 13.5. The summed E-state index contributed by atoms with van der Waals surface area (Å²) >= 11 is 0. The van der Waals surface area contributed by atoms with E-state index in [-0.39, 0.29) is 17.1 Å². The van der Waals surface area contributed by atoms with Crippen LogP contribution in [0.25, 0.3) is 10.9 Å². The van der Waals surface area contributed by atoms with Crippen LogP contribution in [-0.2, 0) is 5.41 Å². The van der Waals surface area contributed by atoms with Gasteiger partial charge in [-0.15, -0.1) is 0 Å². The van der Waals surface area contributed by atoms with Crippen LogP contribution in [0, 0.1) is 5.92 Å². The standard InChI is InChI=1S/C26H24N2O3/c1-2-3-10-31-18-8-9-21-16(11-18)12-22(27-21)25(30)28-15-17-14-26(17)20-7-5-4-6-19(20)23(29)13-24(26)28/h4-9,11-13,17,27H,2-3,10,14-15H2,1H3/t17-,26-/m1/s1. The van der Waals surface area contributed by atoms with Crippen molar-refractivity contribution in [3.8, 4) is 5.75 Å². The highest BCUT2D eigenvalue weighted by Gasteiger charge is 2.67. The van der Waals surface area contributed by atoms with Gasteiger partial charge in [0.05, 0.1) is 6.61 Å². The Labute approximate surface area is 180 Å². The first kappa shape index (κ1) is 18.4. The van der Waals surface area contributed by atoms with Crippen molar-refractivity contribution >= 4 is 22.6 Å². The van der Waals surface area contributed by atoms with E-state index in [4.69, 9.17) is 4.74 Å². The number of allylic oxidation sites excluding steroid dienone is 2. The third-order valence-corrected chi connectivity index (χ3v) is 7.03. The molecular formula is C26H24N2O3. The van der Waals surface area contributed by atoms with Gasteiger partial charge >= 0.3 is 0 Å². The zero-order valence-electron chi connectivity index (χ0n) is 17.5. The van der Waals surface area contributed by atoms with Gasteiger partial charge in [-0.05, 0) is 48.6 Å². The van der Waals surface area contributed by atoms with Crippen molar-refractivity contribution in [2.45, 2.75) is 31.6 Å². The zero-order valence-corrected chi connectivity index (χ0v) is 17.5. The molecule has 156 valence electrons. The van der Waals surface area contributed by atoms with E-state index in [0.717, 1.165) is 52.7 Å². The molecule has 3 aromatic rings. The summed E-state index contributed by atoms with van der Waals surface area (Å²) in [6, 6.07) is 15.6. The summed E-state index contributed by atoms with van der Waals surface area (Å²) in [4.78, 5) is 31.3. The fourth-order valence-electron chi connectivity index (χ4n) is 5.37. The van der Waals surface area contributed by atoms with Crippen molar-refractivity contribution < 1.29 is 14.3 Å². The third kappa shape index (κ3) is 2.62. The van der Waals surface area contributed by atoms with Gasteiger partial charge in [-0.2, -0.15) is 0 Å². The quantitative estimate of drug-likeness (QED) is 0.610. The van der Waals surface area contributed by atoms with E-state index in [0.29, 0.717) is 24.8 Å². The zero-order chi connectivity index (χ0) is 21.2. The molecular weight excluding hydrogens is 388 g/mol. The molecule has 2 aromatic carbocycles. The number of fused-ring (bicyclic) bond motifs is 2.